The Hall–Kier alpha value is -1.96. The summed E-state index contributed by atoms with van der Waals surface area (Å²) < 4.78 is 0. The molecule has 0 spiro atoms. The molecule has 0 aromatic heterocycles. The van der Waals surface area contributed by atoms with Gasteiger partial charge in [0.25, 0.3) is 0 Å². The van der Waals surface area contributed by atoms with Crippen molar-refractivity contribution < 1.29 is 5.11 Å². The molecule has 2 aromatic carbocycles. The van der Waals surface area contributed by atoms with Crippen LogP contribution in [0, 0.1) is 6.92 Å². The molecule has 100 valence electrons. The molecule has 0 amide bonds. The molecule has 2 N–H and O–H groups in total. The minimum absolute atomic E-state index is 0.245. The minimum Gasteiger partial charge on any atom is -0.508 e. The summed E-state index contributed by atoms with van der Waals surface area (Å²) in [5.41, 5.74) is 4.54. The Morgan fingerprint density at radius 3 is 2.37 bits per heavy atom. The molecule has 2 heteroatoms. The van der Waals surface area contributed by atoms with Crippen molar-refractivity contribution in [2.24, 2.45) is 0 Å². The van der Waals surface area contributed by atoms with Gasteiger partial charge < -0.3 is 10.4 Å². The summed E-state index contributed by atoms with van der Waals surface area (Å²) in [5.74, 6) is 0.338. The first-order chi connectivity index (χ1) is 9.10. The maximum absolute atomic E-state index is 9.52. The van der Waals surface area contributed by atoms with Crippen LogP contribution in [0.3, 0.4) is 0 Å². The summed E-state index contributed by atoms with van der Waals surface area (Å²) in [4.78, 5) is 0. The lowest BCUT2D eigenvalue weighted by Crippen LogP contribution is -2.06. The number of rotatable bonds is 4. The molecule has 0 saturated heterocycles. The molecule has 0 aliphatic carbocycles. The lowest BCUT2D eigenvalue weighted by molar-refractivity contribution is 0.471. The zero-order chi connectivity index (χ0) is 13.8. The topological polar surface area (TPSA) is 32.3 Å². The van der Waals surface area contributed by atoms with E-state index in [4.69, 9.17) is 0 Å². The van der Waals surface area contributed by atoms with E-state index in [2.05, 4.69) is 43.4 Å². The number of hydrogen-bond acceptors (Lipinski definition) is 2. The second-order valence-electron chi connectivity index (χ2n) is 4.96. The Kier molecular flexibility index (Phi) is 4.10. The van der Waals surface area contributed by atoms with Crippen LogP contribution in [0.4, 0.5) is 5.69 Å². The first kappa shape index (κ1) is 13.5. The van der Waals surface area contributed by atoms with Crippen molar-refractivity contribution in [3.8, 4) is 5.75 Å². The molecule has 0 radical (unpaired) electrons. The van der Waals surface area contributed by atoms with Gasteiger partial charge in [0.2, 0.25) is 0 Å². The predicted molar refractivity (Wildman–Crippen MR) is 80.7 cm³/mol. The first-order valence-corrected chi connectivity index (χ1v) is 6.75. The standard InChI is InChI=1S/C17H21NO/c1-4-14-5-7-15(8-6-14)13(3)18-16-9-10-17(19)12(2)11-16/h5-11,13,18-19H,4H2,1-3H3. The number of aryl methyl sites for hydroxylation is 2. The SMILES string of the molecule is CCc1ccc(C(C)Nc2ccc(O)c(C)c2)cc1. The molecule has 2 rings (SSSR count). The third-order valence-electron chi connectivity index (χ3n) is 3.47. The molecule has 2 nitrogen and oxygen atoms in total. The van der Waals surface area contributed by atoms with E-state index in [0.717, 1.165) is 17.7 Å². The van der Waals surface area contributed by atoms with Crippen molar-refractivity contribution in [1.29, 1.82) is 0 Å². The third kappa shape index (κ3) is 3.28. The number of benzene rings is 2. The fraction of sp³-hybridized carbons (Fsp3) is 0.294. The van der Waals surface area contributed by atoms with Crippen LogP contribution in [0.2, 0.25) is 0 Å². The Balaban J connectivity index is 2.10. The van der Waals surface area contributed by atoms with Crippen molar-refractivity contribution in [3.05, 3.63) is 59.2 Å². The molecule has 0 aliphatic heterocycles. The fourth-order valence-electron chi connectivity index (χ4n) is 2.12. The maximum atomic E-state index is 9.52. The van der Waals surface area contributed by atoms with E-state index in [9.17, 15) is 5.11 Å². The summed E-state index contributed by atoms with van der Waals surface area (Å²) in [5, 5.41) is 13.0. The molecule has 0 aliphatic rings. The number of phenolic OH excluding ortho intramolecular Hbond substituents is 1. The van der Waals surface area contributed by atoms with E-state index in [-0.39, 0.29) is 6.04 Å². The van der Waals surface area contributed by atoms with Crippen LogP contribution in [0.25, 0.3) is 0 Å². The molecular weight excluding hydrogens is 234 g/mol. The summed E-state index contributed by atoms with van der Waals surface area (Å²) in [6, 6.07) is 14.5. The van der Waals surface area contributed by atoms with Crippen molar-refractivity contribution in [1.82, 2.24) is 0 Å². The number of phenols is 1. The van der Waals surface area contributed by atoms with Gasteiger partial charge in [0, 0.05) is 11.7 Å². The Bertz CT molecular complexity index is 546. The summed E-state index contributed by atoms with van der Waals surface area (Å²) in [7, 11) is 0. The Labute approximate surface area is 115 Å². The molecule has 1 unspecified atom stereocenters. The molecule has 0 bridgehead atoms. The molecule has 19 heavy (non-hydrogen) atoms. The lowest BCUT2D eigenvalue weighted by Gasteiger charge is -2.16. The number of aromatic hydroxyl groups is 1. The molecule has 0 fully saturated rings. The monoisotopic (exact) mass is 255 g/mol. The first-order valence-electron chi connectivity index (χ1n) is 6.75. The molecule has 0 saturated carbocycles. The second-order valence-corrected chi connectivity index (χ2v) is 4.96. The predicted octanol–water partition coefficient (Wildman–Crippen LogP) is 4.44. The van der Waals surface area contributed by atoms with Crippen molar-refractivity contribution in [3.63, 3.8) is 0 Å². The molecular formula is C17H21NO. The largest absolute Gasteiger partial charge is 0.508 e. The zero-order valence-electron chi connectivity index (χ0n) is 11.8. The van der Waals surface area contributed by atoms with Gasteiger partial charge in [-0.3, -0.25) is 0 Å². The number of hydrogen-bond donors (Lipinski definition) is 2. The van der Waals surface area contributed by atoms with Crippen LogP contribution in [0.1, 0.15) is 36.6 Å². The zero-order valence-corrected chi connectivity index (χ0v) is 11.8. The smallest absolute Gasteiger partial charge is 0.118 e. The highest BCUT2D eigenvalue weighted by Gasteiger charge is 2.06. The highest BCUT2D eigenvalue weighted by Crippen LogP contribution is 2.24. The van der Waals surface area contributed by atoms with Gasteiger partial charge in [-0.2, -0.15) is 0 Å². The van der Waals surface area contributed by atoms with Gasteiger partial charge in [0.05, 0.1) is 0 Å². The highest BCUT2D eigenvalue weighted by molar-refractivity contribution is 5.51. The highest BCUT2D eigenvalue weighted by atomic mass is 16.3. The summed E-state index contributed by atoms with van der Waals surface area (Å²) >= 11 is 0. The van der Waals surface area contributed by atoms with E-state index in [1.54, 1.807) is 6.07 Å². The molecule has 1 atom stereocenters. The van der Waals surface area contributed by atoms with Crippen molar-refractivity contribution >= 4 is 5.69 Å². The van der Waals surface area contributed by atoms with Gasteiger partial charge >= 0.3 is 0 Å². The molecule has 0 heterocycles. The van der Waals surface area contributed by atoms with Crippen LogP contribution in [-0.2, 0) is 6.42 Å². The van der Waals surface area contributed by atoms with E-state index in [0.29, 0.717) is 5.75 Å². The maximum Gasteiger partial charge on any atom is 0.118 e. The van der Waals surface area contributed by atoms with Crippen LogP contribution in [0.15, 0.2) is 42.5 Å². The van der Waals surface area contributed by atoms with E-state index >= 15 is 0 Å². The summed E-state index contributed by atoms with van der Waals surface area (Å²) in [6.07, 6.45) is 1.07. The third-order valence-corrected chi connectivity index (χ3v) is 3.47. The van der Waals surface area contributed by atoms with E-state index in [1.165, 1.54) is 11.1 Å². The van der Waals surface area contributed by atoms with Gasteiger partial charge in [-0.15, -0.1) is 0 Å². The number of nitrogens with one attached hydrogen (secondary N) is 1. The minimum atomic E-state index is 0.245. The normalized spacial score (nSPS) is 12.2. The Morgan fingerprint density at radius 2 is 1.79 bits per heavy atom. The second kappa shape index (κ2) is 5.79. The van der Waals surface area contributed by atoms with Gasteiger partial charge in [0.1, 0.15) is 5.75 Å². The Morgan fingerprint density at radius 1 is 1.11 bits per heavy atom. The van der Waals surface area contributed by atoms with Crippen LogP contribution in [0.5, 0.6) is 5.75 Å². The van der Waals surface area contributed by atoms with Crippen LogP contribution < -0.4 is 5.32 Å². The van der Waals surface area contributed by atoms with Gasteiger partial charge in [-0.25, -0.2) is 0 Å². The fourth-order valence-corrected chi connectivity index (χ4v) is 2.12. The van der Waals surface area contributed by atoms with Crippen LogP contribution >= 0.6 is 0 Å². The summed E-state index contributed by atoms with van der Waals surface area (Å²) in [6.45, 7) is 6.21. The van der Waals surface area contributed by atoms with E-state index in [1.807, 2.05) is 19.1 Å². The average Bonchev–Trinajstić information content (AvgIpc) is 2.43. The molecule has 2 aromatic rings. The van der Waals surface area contributed by atoms with Crippen molar-refractivity contribution in [2.75, 3.05) is 5.32 Å². The quantitative estimate of drug-likeness (QED) is 0.792. The number of anilines is 1. The van der Waals surface area contributed by atoms with Crippen molar-refractivity contribution in [2.45, 2.75) is 33.2 Å². The van der Waals surface area contributed by atoms with Crippen LogP contribution in [-0.4, -0.2) is 5.11 Å². The lowest BCUT2D eigenvalue weighted by atomic mass is 10.0. The van der Waals surface area contributed by atoms with Gasteiger partial charge in [0.15, 0.2) is 0 Å². The average molecular weight is 255 g/mol. The van der Waals surface area contributed by atoms with Gasteiger partial charge in [-0.1, -0.05) is 31.2 Å². The van der Waals surface area contributed by atoms with Gasteiger partial charge in [-0.05, 0) is 55.2 Å². The van der Waals surface area contributed by atoms with E-state index < -0.39 is 0 Å².